The van der Waals surface area contributed by atoms with E-state index in [0.29, 0.717) is 23.9 Å². The van der Waals surface area contributed by atoms with Crippen LogP contribution >= 0.6 is 0 Å². The maximum atomic E-state index is 12.0. The molecule has 2 aromatic rings. The average molecular weight is 311 g/mol. The van der Waals surface area contributed by atoms with Crippen molar-refractivity contribution in [1.29, 1.82) is 0 Å². The summed E-state index contributed by atoms with van der Waals surface area (Å²) >= 11 is 0. The SMILES string of the molecule is O=C(Cc1nc(-c2ccccn2)n[nH]1)NCCC1=CCCCC1. The summed E-state index contributed by atoms with van der Waals surface area (Å²) < 4.78 is 0. The molecular weight excluding hydrogens is 290 g/mol. The van der Waals surface area contributed by atoms with Gasteiger partial charge in [0.15, 0.2) is 5.82 Å². The smallest absolute Gasteiger partial charge is 0.227 e. The monoisotopic (exact) mass is 311 g/mol. The number of nitrogens with zero attached hydrogens (tertiary/aromatic N) is 3. The highest BCUT2D eigenvalue weighted by atomic mass is 16.1. The Balaban J connectivity index is 1.46. The second-order valence-electron chi connectivity index (χ2n) is 5.71. The first-order valence-corrected chi connectivity index (χ1v) is 8.08. The lowest BCUT2D eigenvalue weighted by molar-refractivity contribution is -0.120. The van der Waals surface area contributed by atoms with Gasteiger partial charge in [-0.2, -0.15) is 5.10 Å². The number of amides is 1. The molecule has 0 radical (unpaired) electrons. The van der Waals surface area contributed by atoms with Crippen molar-refractivity contribution in [3.63, 3.8) is 0 Å². The van der Waals surface area contributed by atoms with E-state index in [4.69, 9.17) is 0 Å². The van der Waals surface area contributed by atoms with E-state index in [2.05, 4.69) is 31.6 Å². The van der Waals surface area contributed by atoms with Crippen molar-refractivity contribution in [2.24, 2.45) is 0 Å². The summed E-state index contributed by atoms with van der Waals surface area (Å²) in [6, 6.07) is 5.56. The van der Waals surface area contributed by atoms with Crippen LogP contribution in [0.3, 0.4) is 0 Å². The number of aromatic amines is 1. The van der Waals surface area contributed by atoms with Gasteiger partial charge in [-0.05, 0) is 44.2 Å². The summed E-state index contributed by atoms with van der Waals surface area (Å²) in [7, 11) is 0. The quantitative estimate of drug-likeness (QED) is 0.803. The van der Waals surface area contributed by atoms with E-state index in [1.807, 2.05) is 18.2 Å². The lowest BCUT2D eigenvalue weighted by Gasteiger charge is -2.12. The summed E-state index contributed by atoms with van der Waals surface area (Å²) in [6.07, 6.45) is 10.1. The normalized spacial score (nSPS) is 14.3. The van der Waals surface area contributed by atoms with Gasteiger partial charge in [-0.15, -0.1) is 0 Å². The molecule has 0 saturated carbocycles. The average Bonchev–Trinajstić information content (AvgIpc) is 3.05. The van der Waals surface area contributed by atoms with Crippen LogP contribution in [0, 0.1) is 0 Å². The van der Waals surface area contributed by atoms with Crippen molar-refractivity contribution in [3.05, 3.63) is 41.9 Å². The Kier molecular flexibility index (Phi) is 5.13. The van der Waals surface area contributed by atoms with Crippen LogP contribution in [0.2, 0.25) is 0 Å². The first kappa shape index (κ1) is 15.4. The number of rotatable bonds is 6. The molecule has 0 fully saturated rings. The number of aromatic nitrogens is 4. The topological polar surface area (TPSA) is 83.6 Å². The molecule has 2 heterocycles. The minimum atomic E-state index is -0.0369. The molecule has 0 bridgehead atoms. The molecule has 2 aromatic heterocycles. The minimum Gasteiger partial charge on any atom is -0.355 e. The summed E-state index contributed by atoms with van der Waals surface area (Å²) in [5, 5.41) is 9.85. The zero-order chi connectivity index (χ0) is 15.9. The van der Waals surface area contributed by atoms with E-state index < -0.39 is 0 Å². The van der Waals surface area contributed by atoms with Gasteiger partial charge >= 0.3 is 0 Å². The lowest BCUT2D eigenvalue weighted by atomic mass is 9.97. The van der Waals surface area contributed by atoms with E-state index in [0.717, 1.165) is 6.42 Å². The molecule has 120 valence electrons. The molecule has 1 aliphatic rings. The maximum absolute atomic E-state index is 12.0. The van der Waals surface area contributed by atoms with Crippen LogP contribution in [0.4, 0.5) is 0 Å². The van der Waals surface area contributed by atoms with Crippen LogP contribution in [0.5, 0.6) is 0 Å². The number of carbonyl (C=O) groups is 1. The molecule has 0 aromatic carbocycles. The Morgan fingerprint density at radius 3 is 3.04 bits per heavy atom. The van der Waals surface area contributed by atoms with E-state index in [9.17, 15) is 4.79 Å². The largest absolute Gasteiger partial charge is 0.355 e. The Labute approximate surface area is 135 Å². The van der Waals surface area contributed by atoms with Crippen LogP contribution < -0.4 is 5.32 Å². The lowest BCUT2D eigenvalue weighted by Crippen LogP contribution is -2.26. The molecule has 3 rings (SSSR count). The molecule has 0 aliphatic heterocycles. The first-order chi connectivity index (χ1) is 11.3. The second-order valence-corrected chi connectivity index (χ2v) is 5.71. The van der Waals surface area contributed by atoms with Gasteiger partial charge in [0.1, 0.15) is 11.5 Å². The molecular formula is C17H21N5O. The molecule has 6 nitrogen and oxygen atoms in total. The minimum absolute atomic E-state index is 0.0369. The fourth-order valence-corrected chi connectivity index (χ4v) is 2.69. The van der Waals surface area contributed by atoms with E-state index in [-0.39, 0.29) is 12.3 Å². The van der Waals surface area contributed by atoms with Gasteiger partial charge in [0.2, 0.25) is 5.91 Å². The zero-order valence-electron chi connectivity index (χ0n) is 13.1. The molecule has 1 amide bonds. The Morgan fingerprint density at radius 2 is 2.26 bits per heavy atom. The fourth-order valence-electron chi connectivity index (χ4n) is 2.69. The standard InChI is InChI=1S/C17H21N5O/c23-16(19-11-9-13-6-2-1-3-7-13)12-15-20-17(22-21-15)14-8-4-5-10-18-14/h4-6,8,10H,1-3,7,9,11-12H2,(H,19,23)(H,20,21,22). The van der Waals surface area contributed by atoms with E-state index in [1.54, 1.807) is 6.20 Å². The summed E-state index contributed by atoms with van der Waals surface area (Å²) in [5.74, 6) is 1.03. The first-order valence-electron chi connectivity index (χ1n) is 8.08. The fraction of sp³-hybridized carbons (Fsp3) is 0.412. The number of allylic oxidation sites excluding steroid dienone is 1. The van der Waals surface area contributed by atoms with Gasteiger partial charge in [-0.3, -0.25) is 14.9 Å². The highest BCUT2D eigenvalue weighted by Crippen LogP contribution is 2.19. The van der Waals surface area contributed by atoms with Crippen molar-refractivity contribution < 1.29 is 4.79 Å². The third-order valence-corrected chi connectivity index (χ3v) is 3.91. The van der Waals surface area contributed by atoms with Gasteiger partial charge in [0.05, 0.1) is 6.42 Å². The third kappa shape index (κ3) is 4.48. The third-order valence-electron chi connectivity index (χ3n) is 3.91. The van der Waals surface area contributed by atoms with E-state index >= 15 is 0 Å². The van der Waals surface area contributed by atoms with Crippen molar-refractivity contribution in [3.8, 4) is 11.5 Å². The van der Waals surface area contributed by atoms with Crippen LogP contribution in [0.1, 0.15) is 37.9 Å². The molecule has 0 unspecified atom stereocenters. The van der Waals surface area contributed by atoms with Gasteiger partial charge < -0.3 is 5.32 Å². The van der Waals surface area contributed by atoms with Crippen molar-refractivity contribution >= 4 is 5.91 Å². The van der Waals surface area contributed by atoms with Gasteiger partial charge in [0, 0.05) is 12.7 Å². The predicted molar refractivity (Wildman–Crippen MR) is 87.5 cm³/mol. The number of carbonyl (C=O) groups excluding carboxylic acids is 1. The number of pyridine rings is 1. The van der Waals surface area contributed by atoms with Gasteiger partial charge in [-0.25, -0.2) is 4.98 Å². The van der Waals surface area contributed by atoms with Crippen LogP contribution in [0.25, 0.3) is 11.5 Å². The van der Waals surface area contributed by atoms with Crippen molar-refractivity contribution in [1.82, 2.24) is 25.5 Å². The molecule has 0 spiro atoms. The Hall–Kier alpha value is -2.50. The van der Waals surface area contributed by atoms with Crippen LogP contribution in [0.15, 0.2) is 36.0 Å². The number of nitrogens with one attached hydrogen (secondary N) is 2. The second kappa shape index (κ2) is 7.67. The van der Waals surface area contributed by atoms with Gasteiger partial charge in [-0.1, -0.05) is 17.7 Å². The molecule has 1 aliphatic carbocycles. The summed E-state index contributed by atoms with van der Waals surface area (Å²) in [5.41, 5.74) is 2.16. The van der Waals surface area contributed by atoms with Crippen LogP contribution in [-0.4, -0.2) is 32.6 Å². The highest BCUT2D eigenvalue weighted by molar-refractivity contribution is 5.77. The summed E-state index contributed by atoms with van der Waals surface area (Å²) in [6.45, 7) is 0.686. The molecule has 6 heteroatoms. The Bertz CT molecular complexity index is 677. The Morgan fingerprint density at radius 1 is 1.30 bits per heavy atom. The number of hydrogen-bond acceptors (Lipinski definition) is 4. The predicted octanol–water partition coefficient (Wildman–Crippen LogP) is 2.42. The number of H-pyrrole nitrogens is 1. The zero-order valence-corrected chi connectivity index (χ0v) is 13.1. The van der Waals surface area contributed by atoms with Crippen LogP contribution in [-0.2, 0) is 11.2 Å². The molecule has 0 atom stereocenters. The molecule has 0 saturated heterocycles. The van der Waals surface area contributed by atoms with Gasteiger partial charge in [0.25, 0.3) is 0 Å². The van der Waals surface area contributed by atoms with E-state index in [1.165, 1.54) is 31.3 Å². The maximum Gasteiger partial charge on any atom is 0.227 e. The van der Waals surface area contributed by atoms with Crippen molar-refractivity contribution in [2.75, 3.05) is 6.54 Å². The van der Waals surface area contributed by atoms with Crippen molar-refractivity contribution in [2.45, 2.75) is 38.5 Å². The molecule has 2 N–H and O–H groups in total. The highest BCUT2D eigenvalue weighted by Gasteiger charge is 2.10. The summed E-state index contributed by atoms with van der Waals surface area (Å²) in [4.78, 5) is 20.5. The number of hydrogen-bond donors (Lipinski definition) is 2. The molecule has 23 heavy (non-hydrogen) atoms.